The fourth-order valence-electron chi connectivity index (χ4n) is 9.71. The van der Waals surface area contributed by atoms with Crippen LogP contribution >= 0.6 is 11.6 Å². The molecule has 2 aliphatic carbocycles. The van der Waals surface area contributed by atoms with Crippen molar-refractivity contribution in [2.75, 3.05) is 25.3 Å². The number of H-pyrrole nitrogens is 2. The van der Waals surface area contributed by atoms with Crippen molar-refractivity contribution in [3.63, 3.8) is 0 Å². The van der Waals surface area contributed by atoms with Crippen molar-refractivity contribution in [3.05, 3.63) is 86.5 Å². The van der Waals surface area contributed by atoms with Crippen LogP contribution in [0, 0.1) is 41.5 Å². The number of methoxy groups -OCH3 is 2. The SMILES string of the molecule is C.C.COc1cc2c(cc1-c1c(C)noc1C)[nH]c1nc(C)nc(Cl)c12.COc1cc2c(cc1-c1c(C)noc1C)[nH]c1nc(C)nc(Nc3c4c(nn3C)CCC4)c12.Cn1nc2c(c1N)CCC2. The molecule has 0 unspecified atom stereocenters. The highest BCUT2D eigenvalue weighted by Crippen LogP contribution is 2.43. The average Bonchev–Trinajstić information content (AvgIpc) is 4.18. The normalized spacial score (nSPS) is 12.6. The van der Waals surface area contributed by atoms with Gasteiger partial charge in [-0.15, -0.1) is 0 Å². The van der Waals surface area contributed by atoms with Crippen LogP contribution in [-0.4, -0.2) is 74.0 Å². The number of anilines is 3. The molecule has 0 atom stereocenters. The van der Waals surface area contributed by atoms with E-state index in [4.69, 9.17) is 45.9 Å². The van der Waals surface area contributed by atoms with Crippen LogP contribution in [0.4, 0.5) is 17.5 Å². The Morgan fingerprint density at radius 1 is 0.652 bits per heavy atom. The number of aromatic nitrogens is 12. The fourth-order valence-corrected chi connectivity index (χ4v) is 10.0. The van der Waals surface area contributed by atoms with E-state index in [1.165, 1.54) is 28.9 Å². The molecule has 69 heavy (non-hydrogen) atoms. The molecule has 2 aromatic carbocycles. The van der Waals surface area contributed by atoms with Crippen LogP contribution in [0.15, 0.2) is 33.3 Å². The van der Waals surface area contributed by atoms with Crippen molar-refractivity contribution in [1.82, 2.24) is 59.8 Å². The van der Waals surface area contributed by atoms with Crippen molar-refractivity contribution >= 4 is 72.9 Å². The van der Waals surface area contributed by atoms with Gasteiger partial charge in [0, 0.05) is 58.2 Å². The van der Waals surface area contributed by atoms with Crippen molar-refractivity contribution in [1.29, 1.82) is 0 Å². The lowest BCUT2D eigenvalue weighted by Crippen LogP contribution is -2.05. The summed E-state index contributed by atoms with van der Waals surface area (Å²) in [4.78, 5) is 24.9. The Balaban J connectivity index is 0.000000156. The van der Waals surface area contributed by atoms with Crippen LogP contribution < -0.4 is 20.5 Å². The van der Waals surface area contributed by atoms with Gasteiger partial charge < -0.3 is 39.5 Å². The van der Waals surface area contributed by atoms with Gasteiger partial charge in [-0.3, -0.25) is 9.36 Å². The summed E-state index contributed by atoms with van der Waals surface area (Å²) >= 11 is 6.33. The molecule has 360 valence electrons. The third kappa shape index (κ3) is 8.25. The predicted molar refractivity (Wildman–Crippen MR) is 272 cm³/mol. The molecule has 8 heterocycles. The molecule has 18 nitrogen and oxygen atoms in total. The number of fused-ring (bicyclic) bond motifs is 8. The van der Waals surface area contributed by atoms with E-state index in [9.17, 15) is 0 Å². The van der Waals surface area contributed by atoms with Gasteiger partial charge in [0.15, 0.2) is 0 Å². The van der Waals surface area contributed by atoms with Gasteiger partial charge in [-0.25, -0.2) is 19.9 Å². The summed E-state index contributed by atoms with van der Waals surface area (Å²) in [5.74, 6) is 6.88. The maximum atomic E-state index is 6.33. The highest BCUT2D eigenvalue weighted by atomic mass is 35.5. The molecule has 0 fully saturated rings. The van der Waals surface area contributed by atoms with E-state index >= 15 is 0 Å². The molecule has 0 saturated carbocycles. The van der Waals surface area contributed by atoms with Crippen LogP contribution in [0.2, 0.25) is 5.15 Å². The quantitative estimate of drug-likeness (QED) is 0.114. The maximum absolute atomic E-state index is 6.33. The molecule has 2 aliphatic rings. The third-order valence-electron chi connectivity index (χ3n) is 12.7. The van der Waals surface area contributed by atoms with Crippen molar-refractivity contribution < 1.29 is 18.5 Å². The number of nitrogen functional groups attached to an aromatic ring is 1. The predicted octanol–water partition coefficient (Wildman–Crippen LogP) is 10.8. The molecule has 0 amide bonds. The van der Waals surface area contributed by atoms with Gasteiger partial charge in [-0.05, 0) is 104 Å². The van der Waals surface area contributed by atoms with Crippen molar-refractivity contribution in [2.45, 2.75) is 94.9 Å². The van der Waals surface area contributed by atoms with Gasteiger partial charge in [0.05, 0.1) is 58.9 Å². The maximum Gasteiger partial charge on any atom is 0.145 e. The number of nitrogens with one attached hydrogen (secondary N) is 3. The van der Waals surface area contributed by atoms with E-state index in [1.807, 2.05) is 78.5 Å². The number of halogens is 1. The first-order valence-corrected chi connectivity index (χ1v) is 22.5. The second kappa shape index (κ2) is 18.6. The summed E-state index contributed by atoms with van der Waals surface area (Å²) in [6.07, 6.45) is 6.65. The zero-order valence-electron chi connectivity index (χ0n) is 39.1. The molecule has 10 aromatic rings. The van der Waals surface area contributed by atoms with Gasteiger partial charge in [0.25, 0.3) is 0 Å². The molecule has 0 saturated heterocycles. The summed E-state index contributed by atoms with van der Waals surface area (Å²) in [5.41, 5.74) is 19.4. The first-order chi connectivity index (χ1) is 32.2. The summed E-state index contributed by atoms with van der Waals surface area (Å²) < 4.78 is 25.8. The smallest absolute Gasteiger partial charge is 0.145 e. The zero-order chi connectivity index (χ0) is 47.0. The van der Waals surface area contributed by atoms with E-state index in [1.54, 1.807) is 18.9 Å². The van der Waals surface area contributed by atoms with Crippen LogP contribution in [-0.2, 0) is 39.8 Å². The molecule has 19 heteroatoms. The first-order valence-electron chi connectivity index (χ1n) is 22.1. The first kappa shape index (κ1) is 48.0. The van der Waals surface area contributed by atoms with Crippen molar-refractivity contribution in [2.24, 2.45) is 14.1 Å². The van der Waals surface area contributed by atoms with Gasteiger partial charge in [-0.1, -0.05) is 36.8 Å². The molecule has 8 aromatic heterocycles. The molecular formula is C50H59ClN14O4. The van der Waals surface area contributed by atoms with Gasteiger partial charge >= 0.3 is 0 Å². The van der Waals surface area contributed by atoms with Gasteiger partial charge in [0.2, 0.25) is 0 Å². The summed E-state index contributed by atoms with van der Waals surface area (Å²) in [5, 5.41) is 24.7. The zero-order valence-corrected chi connectivity index (χ0v) is 39.9. The Morgan fingerprint density at radius 2 is 1.14 bits per heavy atom. The van der Waals surface area contributed by atoms with Crippen LogP contribution in [0.3, 0.4) is 0 Å². The van der Waals surface area contributed by atoms with Gasteiger partial charge in [-0.2, -0.15) is 10.2 Å². The molecule has 0 bridgehead atoms. The van der Waals surface area contributed by atoms with Gasteiger partial charge in [0.1, 0.15) is 68.6 Å². The molecule has 0 aliphatic heterocycles. The van der Waals surface area contributed by atoms with Crippen LogP contribution in [0.1, 0.15) is 84.8 Å². The number of benzene rings is 2. The monoisotopic (exact) mass is 954 g/mol. The Morgan fingerprint density at radius 3 is 1.67 bits per heavy atom. The Kier molecular flexibility index (Phi) is 12.9. The lowest BCUT2D eigenvalue weighted by molar-refractivity contribution is 0.393. The van der Waals surface area contributed by atoms with E-state index < -0.39 is 0 Å². The van der Waals surface area contributed by atoms with Crippen LogP contribution in [0.5, 0.6) is 11.5 Å². The summed E-state index contributed by atoms with van der Waals surface area (Å²) in [6.45, 7) is 11.4. The van der Waals surface area contributed by atoms with Crippen LogP contribution in [0.25, 0.3) is 66.1 Å². The standard InChI is InChI=1S/C24H25N7O2.C17H15ClN4O2.C7H11N3.2CH4/c1-11-20(12(2)33-30-11)16-9-18-15(10-19(16)32-5)21-22(27-18)25-13(3)26-23(21)28-24-14-7-6-8-17(14)29-31(24)4;1-7-14(8(2)24-22-7)11-5-12-10(6-13(11)23-4)15-16(18)19-9(3)20-17(15)21-12;1-10-7(8)5-3-2-4-6(5)9-10;;/h9-10H,6-8H2,1-5H3,(H2,25,26,27,28);5-6H,1-4H3,(H,19,20,21);2-4,8H2,1H3;2*1H4. The minimum atomic E-state index is 0. The number of aryl methyl sites for hydroxylation is 10. The molecule has 0 spiro atoms. The summed E-state index contributed by atoms with van der Waals surface area (Å²) in [6, 6.07) is 8.06. The highest BCUT2D eigenvalue weighted by molar-refractivity contribution is 6.36. The average molecular weight is 956 g/mol. The third-order valence-corrected chi connectivity index (χ3v) is 13.0. The highest BCUT2D eigenvalue weighted by Gasteiger charge is 2.25. The number of rotatable bonds is 6. The Bertz CT molecular complexity index is 3530. The molecule has 5 N–H and O–H groups in total. The number of hydrogen-bond acceptors (Lipinski definition) is 14. The number of hydrogen-bond donors (Lipinski definition) is 4. The topological polar surface area (TPSA) is 227 Å². The Hall–Kier alpha value is -7.47. The van der Waals surface area contributed by atoms with E-state index in [2.05, 4.69) is 51.7 Å². The number of nitrogens with zero attached hydrogens (tertiary/aromatic N) is 10. The fraction of sp³-hybridized carbons (Fsp3) is 0.360. The van der Waals surface area contributed by atoms with E-state index in [0.717, 1.165) is 144 Å². The van der Waals surface area contributed by atoms with E-state index in [-0.39, 0.29) is 14.9 Å². The molecule has 12 rings (SSSR count). The van der Waals surface area contributed by atoms with E-state index in [0.29, 0.717) is 22.4 Å². The number of nitrogens with two attached hydrogens (primary N) is 1. The second-order valence-electron chi connectivity index (χ2n) is 17.1. The van der Waals surface area contributed by atoms with Crippen molar-refractivity contribution in [3.8, 4) is 33.8 Å². The lowest BCUT2D eigenvalue weighted by Gasteiger charge is -2.11. The minimum Gasteiger partial charge on any atom is -0.496 e. The minimum absolute atomic E-state index is 0. The number of ether oxygens (including phenoxy) is 2. The summed E-state index contributed by atoms with van der Waals surface area (Å²) in [7, 11) is 7.18. The number of aromatic amines is 2. The molecule has 0 radical (unpaired) electrons. The molecular weight excluding hydrogens is 896 g/mol. The lowest BCUT2D eigenvalue weighted by atomic mass is 10.0. The second-order valence-corrected chi connectivity index (χ2v) is 17.5. The Labute approximate surface area is 404 Å². The largest absolute Gasteiger partial charge is 0.496 e.